The third-order valence-corrected chi connectivity index (χ3v) is 3.28. The van der Waals surface area contributed by atoms with Crippen molar-refractivity contribution in [2.75, 3.05) is 0 Å². The summed E-state index contributed by atoms with van der Waals surface area (Å²) in [6, 6.07) is 1.41. The van der Waals surface area contributed by atoms with Gasteiger partial charge in [-0.2, -0.15) is 0 Å². The maximum absolute atomic E-state index is 10.3. The summed E-state index contributed by atoms with van der Waals surface area (Å²) < 4.78 is 0.838. The highest BCUT2D eigenvalue weighted by molar-refractivity contribution is 9.13. The van der Waals surface area contributed by atoms with Crippen LogP contribution in [0, 0.1) is 0 Å². The number of phenolic OH excluding ortho intramolecular Hbond substituents is 2. The number of benzene rings is 1. The lowest BCUT2D eigenvalue weighted by Gasteiger charge is -2.04. The molecule has 0 unspecified atom stereocenters. The lowest BCUT2D eigenvalue weighted by molar-refractivity contribution is 0.112. The average Bonchev–Trinajstić information content (AvgIpc) is 2.08. The maximum atomic E-state index is 10.3. The first-order valence-corrected chi connectivity index (χ1v) is 4.51. The van der Waals surface area contributed by atoms with Gasteiger partial charge in [0.05, 0.1) is 10.0 Å². The fourth-order valence-electron chi connectivity index (χ4n) is 0.712. The molecule has 0 saturated carbocycles. The Bertz CT molecular complexity index is 336. The quantitative estimate of drug-likeness (QED) is 0.618. The van der Waals surface area contributed by atoms with Gasteiger partial charge in [0, 0.05) is 4.47 Å². The van der Waals surface area contributed by atoms with Crippen molar-refractivity contribution in [3.63, 3.8) is 0 Å². The molecule has 0 atom stereocenters. The van der Waals surface area contributed by atoms with Gasteiger partial charge in [0.25, 0.3) is 0 Å². The number of carbonyl (C=O) groups is 1. The van der Waals surface area contributed by atoms with Crippen LogP contribution in [0.5, 0.6) is 11.5 Å². The van der Waals surface area contributed by atoms with Gasteiger partial charge in [-0.15, -0.1) is 0 Å². The van der Waals surface area contributed by atoms with E-state index in [4.69, 9.17) is 0 Å². The van der Waals surface area contributed by atoms with Gasteiger partial charge in [-0.25, -0.2) is 0 Å². The molecule has 0 bridgehead atoms. The van der Waals surface area contributed by atoms with Crippen LogP contribution < -0.4 is 0 Å². The summed E-state index contributed by atoms with van der Waals surface area (Å²) in [5.74, 6) is -0.758. The van der Waals surface area contributed by atoms with E-state index in [-0.39, 0.29) is 11.3 Å². The van der Waals surface area contributed by atoms with Crippen molar-refractivity contribution >= 4 is 38.1 Å². The molecule has 0 aliphatic heterocycles. The minimum absolute atomic E-state index is 0.0441. The second-order valence-electron chi connectivity index (χ2n) is 2.08. The highest BCUT2D eigenvalue weighted by atomic mass is 79.9. The van der Waals surface area contributed by atoms with Crippen molar-refractivity contribution in [2.24, 2.45) is 0 Å². The van der Waals surface area contributed by atoms with E-state index in [1.54, 1.807) is 0 Å². The zero-order valence-electron chi connectivity index (χ0n) is 5.71. The SMILES string of the molecule is O=Cc1cc(Br)c(Br)c(O)c1O. The monoisotopic (exact) mass is 294 g/mol. The molecule has 0 aliphatic rings. The number of halogens is 2. The summed E-state index contributed by atoms with van der Waals surface area (Å²) >= 11 is 6.12. The Labute approximate surface area is 85.3 Å². The van der Waals surface area contributed by atoms with Crippen LogP contribution in [-0.2, 0) is 0 Å². The summed E-state index contributed by atoms with van der Waals surface area (Å²) in [5.41, 5.74) is 0.0441. The first kappa shape index (κ1) is 9.54. The van der Waals surface area contributed by atoms with Gasteiger partial charge in [0.2, 0.25) is 0 Å². The van der Waals surface area contributed by atoms with E-state index in [0.29, 0.717) is 15.2 Å². The standard InChI is InChI=1S/C7H4Br2O3/c8-4-1-3(2-10)6(11)7(12)5(4)9/h1-2,11-12H. The second-order valence-corrected chi connectivity index (χ2v) is 3.72. The zero-order valence-corrected chi connectivity index (χ0v) is 8.89. The van der Waals surface area contributed by atoms with Crippen LogP contribution in [0.4, 0.5) is 0 Å². The molecule has 0 saturated heterocycles. The van der Waals surface area contributed by atoms with Crippen molar-refractivity contribution in [2.45, 2.75) is 0 Å². The highest BCUT2D eigenvalue weighted by Crippen LogP contribution is 2.40. The third kappa shape index (κ3) is 1.47. The molecule has 0 aromatic heterocycles. The Morgan fingerprint density at radius 3 is 2.33 bits per heavy atom. The van der Waals surface area contributed by atoms with Crippen LogP contribution in [0.1, 0.15) is 10.4 Å². The topological polar surface area (TPSA) is 57.5 Å². The maximum Gasteiger partial charge on any atom is 0.173 e. The van der Waals surface area contributed by atoms with Crippen molar-refractivity contribution in [1.29, 1.82) is 0 Å². The number of aromatic hydroxyl groups is 2. The van der Waals surface area contributed by atoms with Crippen molar-refractivity contribution < 1.29 is 15.0 Å². The van der Waals surface area contributed by atoms with E-state index in [2.05, 4.69) is 31.9 Å². The summed E-state index contributed by atoms with van der Waals surface area (Å²) in [4.78, 5) is 10.3. The van der Waals surface area contributed by atoms with Gasteiger partial charge < -0.3 is 10.2 Å². The molecule has 0 aliphatic carbocycles. The second kappa shape index (κ2) is 3.45. The zero-order chi connectivity index (χ0) is 9.30. The smallest absolute Gasteiger partial charge is 0.173 e. The molecule has 0 fully saturated rings. The van der Waals surface area contributed by atoms with Gasteiger partial charge in [0.15, 0.2) is 17.8 Å². The normalized spacial score (nSPS) is 9.83. The molecule has 64 valence electrons. The van der Waals surface area contributed by atoms with Crippen LogP contribution in [0.25, 0.3) is 0 Å². The first-order chi connectivity index (χ1) is 5.57. The number of aldehydes is 1. The molecule has 0 radical (unpaired) electrons. The molecule has 0 amide bonds. The van der Waals surface area contributed by atoms with Crippen LogP contribution >= 0.6 is 31.9 Å². The van der Waals surface area contributed by atoms with E-state index in [1.165, 1.54) is 6.07 Å². The highest BCUT2D eigenvalue weighted by Gasteiger charge is 2.12. The number of carbonyl (C=O) groups excluding carboxylic acids is 1. The minimum Gasteiger partial charge on any atom is -0.504 e. The number of rotatable bonds is 1. The molecule has 2 N–H and O–H groups in total. The van der Waals surface area contributed by atoms with E-state index in [0.717, 1.165) is 0 Å². The van der Waals surface area contributed by atoms with E-state index in [9.17, 15) is 15.0 Å². The Kier molecular flexibility index (Phi) is 2.74. The Hall–Kier alpha value is -0.550. The van der Waals surface area contributed by atoms with Crippen LogP contribution in [0.3, 0.4) is 0 Å². The molecule has 12 heavy (non-hydrogen) atoms. The molecule has 1 aromatic carbocycles. The Balaban J connectivity index is 3.49. The molecule has 0 spiro atoms. The average molecular weight is 296 g/mol. The van der Waals surface area contributed by atoms with Crippen molar-refractivity contribution in [3.05, 3.63) is 20.6 Å². The molecule has 5 heteroatoms. The number of hydrogen-bond acceptors (Lipinski definition) is 3. The molecule has 1 aromatic rings. The predicted molar refractivity (Wildman–Crippen MR) is 50.6 cm³/mol. The van der Waals surface area contributed by atoms with Gasteiger partial charge in [-0.3, -0.25) is 4.79 Å². The van der Waals surface area contributed by atoms with Gasteiger partial charge in [-0.1, -0.05) is 0 Å². The minimum atomic E-state index is -0.417. The summed E-state index contributed by atoms with van der Waals surface area (Å²) in [5, 5.41) is 18.4. The predicted octanol–water partition coefficient (Wildman–Crippen LogP) is 2.44. The Morgan fingerprint density at radius 1 is 1.25 bits per heavy atom. The fourth-order valence-corrected chi connectivity index (χ4v) is 1.45. The largest absolute Gasteiger partial charge is 0.504 e. The molecule has 0 heterocycles. The number of hydrogen-bond donors (Lipinski definition) is 2. The fraction of sp³-hybridized carbons (Fsp3) is 0. The van der Waals surface area contributed by atoms with E-state index in [1.807, 2.05) is 0 Å². The molecular formula is C7H4Br2O3. The van der Waals surface area contributed by atoms with Crippen molar-refractivity contribution in [3.8, 4) is 11.5 Å². The lowest BCUT2D eigenvalue weighted by Crippen LogP contribution is -1.83. The number of phenols is 2. The molecular weight excluding hydrogens is 292 g/mol. The molecule has 3 nitrogen and oxygen atoms in total. The Morgan fingerprint density at radius 2 is 1.83 bits per heavy atom. The van der Waals surface area contributed by atoms with Gasteiger partial charge in [-0.05, 0) is 37.9 Å². The third-order valence-electron chi connectivity index (χ3n) is 1.32. The van der Waals surface area contributed by atoms with Crippen LogP contribution in [0.15, 0.2) is 15.0 Å². The molecule has 1 rings (SSSR count). The van der Waals surface area contributed by atoms with Gasteiger partial charge in [0.1, 0.15) is 0 Å². The van der Waals surface area contributed by atoms with Crippen molar-refractivity contribution in [1.82, 2.24) is 0 Å². The van der Waals surface area contributed by atoms with Gasteiger partial charge >= 0.3 is 0 Å². The summed E-state index contributed by atoms with van der Waals surface area (Å²) in [7, 11) is 0. The lowest BCUT2D eigenvalue weighted by atomic mass is 10.2. The van der Waals surface area contributed by atoms with E-state index < -0.39 is 5.75 Å². The summed E-state index contributed by atoms with van der Waals surface area (Å²) in [6.07, 6.45) is 0.465. The summed E-state index contributed by atoms with van der Waals surface area (Å²) in [6.45, 7) is 0. The van der Waals surface area contributed by atoms with E-state index >= 15 is 0 Å². The van der Waals surface area contributed by atoms with Crippen LogP contribution in [0.2, 0.25) is 0 Å². The first-order valence-electron chi connectivity index (χ1n) is 2.93. The van der Waals surface area contributed by atoms with Crippen LogP contribution in [-0.4, -0.2) is 16.5 Å².